The van der Waals surface area contributed by atoms with Crippen LogP contribution >= 0.6 is 7.92 Å². The third-order valence-electron chi connectivity index (χ3n) is 3.58. The Morgan fingerprint density at radius 3 is 1.92 bits per heavy atom. The zero-order chi connectivity index (χ0) is 17.4. The Kier molecular flexibility index (Phi) is 7.63. The molecule has 0 amide bonds. The lowest BCUT2D eigenvalue weighted by Crippen LogP contribution is -2.48. The number of carbonyl (C=O) groups is 2. The molecule has 0 spiro atoms. The average Bonchev–Trinajstić information content (AvgIpc) is 2.55. The average molecular weight is 352 g/mol. The van der Waals surface area contributed by atoms with Gasteiger partial charge >= 0.3 is 11.9 Å². The highest BCUT2D eigenvalue weighted by molar-refractivity contribution is 7.65. The van der Waals surface area contributed by atoms with Crippen LogP contribution in [0.4, 0.5) is 0 Å². The SMILES string of the molecule is CCOC(=O)CN1CN(CC(=O)OCC)CP(c2ccccc2)C1. The first kappa shape index (κ1) is 18.8. The highest BCUT2D eigenvalue weighted by atomic mass is 31.1. The van der Waals surface area contributed by atoms with Gasteiger partial charge in [-0.2, -0.15) is 0 Å². The van der Waals surface area contributed by atoms with E-state index in [1.54, 1.807) is 13.8 Å². The molecule has 0 unspecified atom stereocenters. The topological polar surface area (TPSA) is 59.1 Å². The van der Waals surface area contributed by atoms with Crippen molar-refractivity contribution >= 4 is 25.2 Å². The van der Waals surface area contributed by atoms with E-state index in [4.69, 9.17) is 9.47 Å². The summed E-state index contributed by atoms with van der Waals surface area (Å²) in [4.78, 5) is 27.7. The zero-order valence-electron chi connectivity index (χ0n) is 14.3. The van der Waals surface area contributed by atoms with Crippen molar-refractivity contribution in [1.29, 1.82) is 0 Å². The zero-order valence-corrected chi connectivity index (χ0v) is 15.2. The van der Waals surface area contributed by atoms with Crippen LogP contribution in [0.15, 0.2) is 30.3 Å². The van der Waals surface area contributed by atoms with Gasteiger partial charge in [-0.3, -0.25) is 19.4 Å². The molecule has 7 heteroatoms. The Balaban J connectivity index is 2.05. The van der Waals surface area contributed by atoms with E-state index in [-0.39, 0.29) is 25.0 Å². The van der Waals surface area contributed by atoms with Gasteiger partial charge in [0.25, 0.3) is 0 Å². The number of hydrogen-bond acceptors (Lipinski definition) is 6. The van der Waals surface area contributed by atoms with Crippen LogP contribution in [0.25, 0.3) is 0 Å². The lowest BCUT2D eigenvalue weighted by atomic mass is 10.4. The maximum absolute atomic E-state index is 11.8. The number of carbonyl (C=O) groups excluding carboxylic acids is 2. The van der Waals surface area contributed by atoms with Gasteiger partial charge in [0.05, 0.1) is 33.0 Å². The van der Waals surface area contributed by atoms with Crippen LogP contribution < -0.4 is 5.30 Å². The van der Waals surface area contributed by atoms with Crippen molar-refractivity contribution in [3.8, 4) is 0 Å². The quantitative estimate of drug-likeness (QED) is 0.546. The van der Waals surface area contributed by atoms with Crippen LogP contribution in [-0.2, 0) is 19.1 Å². The van der Waals surface area contributed by atoms with Crippen molar-refractivity contribution in [3.63, 3.8) is 0 Å². The molecule has 0 aromatic heterocycles. The molecular weight excluding hydrogens is 327 g/mol. The van der Waals surface area contributed by atoms with Gasteiger partial charge in [0.15, 0.2) is 0 Å². The predicted octanol–water partition coefficient (Wildman–Crippen LogP) is 1.41. The summed E-state index contributed by atoms with van der Waals surface area (Å²) in [5, 5.41) is 1.27. The summed E-state index contributed by atoms with van der Waals surface area (Å²) in [5.74, 6) is -0.447. The van der Waals surface area contributed by atoms with Crippen molar-refractivity contribution in [3.05, 3.63) is 30.3 Å². The second-order valence-corrected chi connectivity index (χ2v) is 7.73. The molecule has 0 aliphatic carbocycles. The molecular formula is C17H25N2O4P. The molecule has 2 rings (SSSR count). The smallest absolute Gasteiger partial charge is 0.320 e. The Morgan fingerprint density at radius 2 is 1.46 bits per heavy atom. The molecule has 1 aromatic carbocycles. The maximum Gasteiger partial charge on any atom is 0.320 e. The molecule has 1 fully saturated rings. The molecule has 6 nitrogen and oxygen atoms in total. The van der Waals surface area contributed by atoms with E-state index in [2.05, 4.69) is 21.9 Å². The number of hydrogen-bond donors (Lipinski definition) is 0. The van der Waals surface area contributed by atoms with Gasteiger partial charge in [-0.25, -0.2) is 0 Å². The van der Waals surface area contributed by atoms with Gasteiger partial charge in [-0.15, -0.1) is 0 Å². The summed E-state index contributed by atoms with van der Waals surface area (Å²) < 4.78 is 10.1. The summed E-state index contributed by atoms with van der Waals surface area (Å²) >= 11 is 0. The largest absolute Gasteiger partial charge is 0.465 e. The highest BCUT2D eigenvalue weighted by Gasteiger charge is 2.29. The van der Waals surface area contributed by atoms with E-state index in [9.17, 15) is 9.59 Å². The molecule has 0 radical (unpaired) electrons. The molecule has 0 bridgehead atoms. The summed E-state index contributed by atoms with van der Waals surface area (Å²) in [5.41, 5.74) is 0. The highest BCUT2D eigenvalue weighted by Crippen LogP contribution is 2.39. The lowest BCUT2D eigenvalue weighted by molar-refractivity contribution is -0.145. The van der Waals surface area contributed by atoms with Crippen molar-refractivity contribution in [2.75, 3.05) is 45.5 Å². The molecule has 1 aromatic rings. The number of rotatable bonds is 7. The van der Waals surface area contributed by atoms with E-state index in [1.165, 1.54) is 5.30 Å². The molecule has 1 heterocycles. The minimum atomic E-state index is -0.489. The Labute approximate surface area is 144 Å². The normalized spacial score (nSPS) is 16.8. The number of nitrogens with zero attached hydrogens (tertiary/aromatic N) is 2. The van der Waals surface area contributed by atoms with E-state index < -0.39 is 7.92 Å². The van der Waals surface area contributed by atoms with Gasteiger partial charge in [0.1, 0.15) is 0 Å². The van der Waals surface area contributed by atoms with Crippen LogP contribution in [0.1, 0.15) is 13.8 Å². The van der Waals surface area contributed by atoms with Crippen molar-refractivity contribution < 1.29 is 19.1 Å². The van der Waals surface area contributed by atoms with Crippen molar-refractivity contribution in [2.45, 2.75) is 13.8 Å². The minimum Gasteiger partial charge on any atom is -0.465 e. The fraction of sp³-hybridized carbons (Fsp3) is 0.529. The lowest BCUT2D eigenvalue weighted by Gasteiger charge is -2.39. The number of benzene rings is 1. The standard InChI is InChI=1S/C17H25N2O4P/c1-3-22-16(20)10-18-12-19(11-17(21)23-4-2)14-24(13-18)15-8-6-5-7-9-15/h5-9H,3-4,10-14H2,1-2H3. The summed E-state index contributed by atoms with van der Waals surface area (Å²) in [6.45, 7) is 5.44. The molecule has 0 saturated carbocycles. The molecule has 1 aliphatic rings. The minimum absolute atomic E-state index is 0.224. The van der Waals surface area contributed by atoms with E-state index in [1.807, 2.05) is 18.2 Å². The second-order valence-electron chi connectivity index (χ2n) is 5.57. The Bertz CT molecular complexity index is 513. The third-order valence-corrected chi connectivity index (χ3v) is 6.09. The van der Waals surface area contributed by atoms with E-state index >= 15 is 0 Å². The molecule has 132 valence electrons. The molecule has 0 atom stereocenters. The summed E-state index contributed by atoms with van der Waals surface area (Å²) in [6, 6.07) is 10.3. The monoisotopic (exact) mass is 352 g/mol. The molecule has 24 heavy (non-hydrogen) atoms. The fourth-order valence-electron chi connectivity index (χ4n) is 2.68. The summed E-state index contributed by atoms with van der Waals surface area (Å²) in [6.07, 6.45) is 1.66. The third kappa shape index (κ3) is 5.86. The maximum atomic E-state index is 11.8. The van der Waals surface area contributed by atoms with E-state index in [0.717, 1.165) is 12.6 Å². The van der Waals surface area contributed by atoms with Gasteiger partial charge < -0.3 is 9.47 Å². The van der Waals surface area contributed by atoms with Gasteiger partial charge in [0.2, 0.25) is 0 Å². The summed E-state index contributed by atoms with van der Waals surface area (Å²) in [7, 11) is -0.489. The van der Waals surface area contributed by atoms with Crippen molar-refractivity contribution in [1.82, 2.24) is 9.80 Å². The van der Waals surface area contributed by atoms with Gasteiger partial charge in [0, 0.05) is 12.6 Å². The van der Waals surface area contributed by atoms with Gasteiger partial charge in [-0.1, -0.05) is 30.3 Å². The first-order valence-electron chi connectivity index (χ1n) is 8.18. The fourth-order valence-corrected chi connectivity index (χ4v) is 5.03. The Morgan fingerprint density at radius 1 is 0.958 bits per heavy atom. The van der Waals surface area contributed by atoms with Crippen molar-refractivity contribution in [2.24, 2.45) is 0 Å². The first-order chi connectivity index (χ1) is 11.6. The molecule has 1 aliphatic heterocycles. The van der Waals surface area contributed by atoms with Crippen LogP contribution in [0.5, 0.6) is 0 Å². The second kappa shape index (κ2) is 9.72. The van der Waals surface area contributed by atoms with Crippen LogP contribution in [0.3, 0.4) is 0 Å². The van der Waals surface area contributed by atoms with Crippen LogP contribution in [-0.4, -0.2) is 67.3 Å². The molecule has 1 saturated heterocycles. The van der Waals surface area contributed by atoms with Gasteiger partial charge in [-0.05, 0) is 27.1 Å². The number of esters is 2. The van der Waals surface area contributed by atoms with Crippen LogP contribution in [0, 0.1) is 0 Å². The Hall–Kier alpha value is -1.49. The molecule has 0 N–H and O–H groups in total. The van der Waals surface area contributed by atoms with Crippen LogP contribution in [0.2, 0.25) is 0 Å². The number of ether oxygens (including phenoxy) is 2. The predicted molar refractivity (Wildman–Crippen MR) is 94.3 cm³/mol. The first-order valence-corrected chi connectivity index (χ1v) is 9.89. The van der Waals surface area contributed by atoms with E-state index in [0.29, 0.717) is 19.9 Å².